The van der Waals surface area contributed by atoms with Crippen molar-refractivity contribution in [1.29, 1.82) is 0 Å². The number of hydrogen-bond donors (Lipinski definition) is 4. The maximum Gasteiger partial charge on any atom is 0.119 e. The average Bonchev–Trinajstić information content (AvgIpc) is 4.10. The van der Waals surface area contributed by atoms with Crippen molar-refractivity contribution in [3.63, 3.8) is 0 Å². The molecule has 0 radical (unpaired) electrons. The SMILES string of the molecule is CC[N+](CC)(CC)CCCOc1ccc(C2=c3ccc([nH]3)=Cc3ccc([nH]3)C(c3ccc(OCCC[N+](CC)(CC)CC)cc3)=c3ccc([nH]3)=Cc3ccc2[nH]3)cc1. The standard InChI is InChI=1S/C50H64N6O2/c1-7-55(8-2,9-3)31-13-33-57-43-23-15-37(16-24-43)49-45-27-19-39(51-45)35-41-21-29-47(53-41)50(48-30-22-42(54-48)36-40-20-28-46(49)52-40)38-17-25-44(26-18-38)58-34-14-32-56(10-4,11-5)12-6/h15-30,35-36,51-54H,7-14,31-34H2,1-6H3/q+2. The number of fused-ring (bicyclic) bond motifs is 8. The van der Waals surface area contributed by atoms with Gasteiger partial charge in [0, 0.05) is 68.2 Å². The van der Waals surface area contributed by atoms with Crippen LogP contribution in [0.15, 0.2) is 97.1 Å². The van der Waals surface area contributed by atoms with Crippen LogP contribution in [0, 0.1) is 0 Å². The van der Waals surface area contributed by atoms with Gasteiger partial charge in [-0.1, -0.05) is 24.3 Å². The number of rotatable bonds is 18. The summed E-state index contributed by atoms with van der Waals surface area (Å²) in [7, 11) is 0. The Balaban J connectivity index is 1.16. The van der Waals surface area contributed by atoms with Crippen molar-refractivity contribution in [3.05, 3.63) is 152 Å². The minimum Gasteiger partial charge on any atom is -0.493 e. The molecule has 0 unspecified atom stereocenters. The fraction of sp³-hybridized carbons (Fsp3) is 0.360. The van der Waals surface area contributed by atoms with E-state index in [9.17, 15) is 0 Å². The first kappa shape index (κ1) is 40.7. The van der Waals surface area contributed by atoms with Gasteiger partial charge < -0.3 is 38.4 Å². The second kappa shape index (κ2) is 18.4. The number of H-pyrrole nitrogens is 4. The summed E-state index contributed by atoms with van der Waals surface area (Å²) in [4.78, 5) is 14.9. The third-order valence-electron chi connectivity index (χ3n) is 12.9. The van der Waals surface area contributed by atoms with Crippen LogP contribution in [-0.4, -0.2) is 94.5 Å². The molecule has 0 saturated heterocycles. The molecule has 8 heteroatoms. The summed E-state index contributed by atoms with van der Waals surface area (Å²) in [6, 6.07) is 34.3. The molecule has 0 amide bonds. The molecule has 4 N–H and O–H groups in total. The van der Waals surface area contributed by atoms with E-state index < -0.39 is 0 Å². The van der Waals surface area contributed by atoms with Gasteiger partial charge in [0.25, 0.3) is 0 Å². The van der Waals surface area contributed by atoms with E-state index in [0.29, 0.717) is 0 Å². The van der Waals surface area contributed by atoms with E-state index in [-0.39, 0.29) is 0 Å². The Bertz CT molecular complexity index is 2300. The highest BCUT2D eigenvalue weighted by Gasteiger charge is 2.21. The predicted octanol–water partition coefficient (Wildman–Crippen LogP) is 6.76. The molecule has 0 fully saturated rings. The van der Waals surface area contributed by atoms with Gasteiger partial charge in [0.15, 0.2) is 0 Å². The molecule has 0 atom stereocenters. The zero-order valence-electron chi connectivity index (χ0n) is 35.6. The van der Waals surface area contributed by atoms with Gasteiger partial charge in [0.05, 0.1) is 65.6 Å². The van der Waals surface area contributed by atoms with Crippen molar-refractivity contribution in [2.24, 2.45) is 0 Å². The van der Waals surface area contributed by atoms with E-state index in [1.165, 1.54) is 0 Å². The van der Waals surface area contributed by atoms with E-state index in [2.05, 4.69) is 171 Å². The molecular formula is C50H64N6O2+2. The van der Waals surface area contributed by atoms with Crippen LogP contribution in [0.3, 0.4) is 0 Å². The molecule has 0 saturated carbocycles. The summed E-state index contributed by atoms with van der Waals surface area (Å²) in [6.45, 7) is 24.5. The first-order valence-corrected chi connectivity index (χ1v) is 21.7. The zero-order chi connectivity index (χ0) is 40.5. The van der Waals surface area contributed by atoms with Gasteiger partial charge in [-0.15, -0.1) is 0 Å². The first-order valence-electron chi connectivity index (χ1n) is 21.7. The monoisotopic (exact) mass is 781 g/mol. The Kier molecular flexibility index (Phi) is 12.9. The lowest BCUT2D eigenvalue weighted by atomic mass is 10.0. The molecule has 1 aliphatic heterocycles. The third kappa shape index (κ3) is 9.14. The highest BCUT2D eigenvalue weighted by molar-refractivity contribution is 5.79. The molecule has 7 rings (SSSR count). The van der Waals surface area contributed by atoms with Crippen molar-refractivity contribution < 1.29 is 18.4 Å². The van der Waals surface area contributed by atoms with Gasteiger partial charge >= 0.3 is 0 Å². The maximum atomic E-state index is 6.24. The van der Waals surface area contributed by atoms with Gasteiger partial charge in [-0.3, -0.25) is 0 Å². The number of ether oxygens (including phenoxy) is 2. The number of benzene rings is 2. The van der Waals surface area contributed by atoms with Gasteiger partial charge in [0.2, 0.25) is 0 Å². The lowest BCUT2D eigenvalue weighted by molar-refractivity contribution is -0.923. The van der Waals surface area contributed by atoms with Crippen molar-refractivity contribution in [1.82, 2.24) is 19.9 Å². The van der Waals surface area contributed by atoms with Gasteiger partial charge in [-0.25, -0.2) is 0 Å². The van der Waals surface area contributed by atoms with Crippen molar-refractivity contribution in [3.8, 4) is 11.5 Å². The molecule has 1 aliphatic rings. The Labute approximate surface area is 344 Å². The molecule has 4 aromatic heterocycles. The van der Waals surface area contributed by atoms with Crippen LogP contribution >= 0.6 is 0 Å². The van der Waals surface area contributed by atoms with Crippen molar-refractivity contribution in [2.75, 3.05) is 65.6 Å². The van der Waals surface area contributed by atoms with E-state index >= 15 is 0 Å². The molecule has 0 spiro atoms. The third-order valence-corrected chi connectivity index (χ3v) is 12.9. The minimum atomic E-state index is 0.723. The molecule has 2 aromatic carbocycles. The van der Waals surface area contributed by atoms with Crippen LogP contribution in [0.25, 0.3) is 23.3 Å². The Hall–Kier alpha value is -5.44. The molecule has 5 heterocycles. The van der Waals surface area contributed by atoms with Crippen LogP contribution in [-0.2, 0) is 0 Å². The molecule has 0 aliphatic carbocycles. The molecule has 58 heavy (non-hydrogen) atoms. The smallest absolute Gasteiger partial charge is 0.119 e. The quantitative estimate of drug-likeness (QED) is 0.0575. The van der Waals surface area contributed by atoms with E-state index in [1.807, 2.05) is 0 Å². The summed E-state index contributed by atoms with van der Waals surface area (Å²) in [6.07, 6.45) is 6.43. The number of aromatic nitrogens is 4. The fourth-order valence-corrected chi connectivity index (χ4v) is 8.72. The first-order chi connectivity index (χ1) is 28.3. The minimum absolute atomic E-state index is 0.723. The van der Waals surface area contributed by atoms with Crippen LogP contribution in [0.2, 0.25) is 0 Å². The number of aromatic amines is 4. The Morgan fingerprint density at radius 1 is 0.414 bits per heavy atom. The molecule has 304 valence electrons. The van der Waals surface area contributed by atoms with E-state index in [0.717, 1.165) is 165 Å². The highest BCUT2D eigenvalue weighted by Crippen LogP contribution is 2.25. The number of nitrogens with one attached hydrogen (secondary N) is 4. The van der Waals surface area contributed by atoms with Gasteiger partial charge in [-0.05, 0) is 138 Å². The maximum absolute atomic E-state index is 6.24. The van der Waals surface area contributed by atoms with Crippen molar-refractivity contribution in [2.45, 2.75) is 54.4 Å². The topological polar surface area (TPSA) is 81.6 Å². The van der Waals surface area contributed by atoms with Gasteiger partial charge in [-0.2, -0.15) is 0 Å². The average molecular weight is 781 g/mol. The summed E-state index contributed by atoms with van der Waals surface area (Å²) in [5, 5.41) is 4.11. The summed E-state index contributed by atoms with van der Waals surface area (Å²) in [5.41, 5.74) is 8.54. The van der Waals surface area contributed by atoms with Gasteiger partial charge in [0.1, 0.15) is 11.5 Å². The number of hydrogen-bond acceptors (Lipinski definition) is 2. The Morgan fingerprint density at radius 3 is 1.16 bits per heavy atom. The lowest BCUT2D eigenvalue weighted by Gasteiger charge is -2.35. The fourth-order valence-electron chi connectivity index (χ4n) is 8.72. The Morgan fingerprint density at radius 2 is 0.793 bits per heavy atom. The number of quaternary nitrogens is 2. The van der Waals surface area contributed by atoms with E-state index in [4.69, 9.17) is 9.47 Å². The van der Waals surface area contributed by atoms with Crippen molar-refractivity contribution >= 4 is 23.3 Å². The summed E-state index contributed by atoms with van der Waals surface area (Å²) < 4.78 is 14.8. The molecule has 8 bridgehead atoms. The number of nitrogens with zero attached hydrogens (tertiary/aromatic N) is 2. The normalized spacial score (nSPS) is 13.0. The van der Waals surface area contributed by atoms with Crippen LogP contribution in [0.5, 0.6) is 11.5 Å². The molecular weight excluding hydrogens is 717 g/mol. The summed E-state index contributed by atoms with van der Waals surface area (Å²) >= 11 is 0. The van der Waals surface area contributed by atoms with Crippen LogP contribution in [0.4, 0.5) is 0 Å². The largest absolute Gasteiger partial charge is 0.493 e. The second-order valence-corrected chi connectivity index (χ2v) is 15.8. The van der Waals surface area contributed by atoms with E-state index in [1.54, 1.807) is 0 Å². The molecule has 6 aromatic rings. The predicted molar refractivity (Wildman–Crippen MR) is 239 cm³/mol. The lowest BCUT2D eigenvalue weighted by Crippen LogP contribution is -2.48. The van der Waals surface area contributed by atoms with Crippen LogP contribution < -0.4 is 30.9 Å². The zero-order valence-corrected chi connectivity index (χ0v) is 35.6. The summed E-state index contributed by atoms with van der Waals surface area (Å²) in [5.74, 6) is 1.80. The second-order valence-electron chi connectivity index (χ2n) is 15.8. The van der Waals surface area contributed by atoms with Crippen LogP contribution in [0.1, 0.15) is 88.3 Å². The highest BCUT2D eigenvalue weighted by atomic mass is 16.5. The molecule has 8 nitrogen and oxygen atoms in total.